The van der Waals surface area contributed by atoms with Crippen LogP contribution >= 0.6 is 27.3 Å². The highest BCUT2D eigenvalue weighted by molar-refractivity contribution is 9.10. The lowest BCUT2D eigenvalue weighted by atomic mass is 10.2. The highest BCUT2D eigenvalue weighted by Crippen LogP contribution is 2.25. The van der Waals surface area contributed by atoms with E-state index in [9.17, 15) is 5.11 Å². The van der Waals surface area contributed by atoms with Crippen LogP contribution in [0.5, 0.6) is 5.75 Å². The number of halogens is 1. The van der Waals surface area contributed by atoms with Crippen LogP contribution in [0.4, 0.5) is 5.69 Å². The fourth-order valence-electron chi connectivity index (χ4n) is 3.50. The van der Waals surface area contributed by atoms with E-state index in [0.29, 0.717) is 13.2 Å². The maximum atomic E-state index is 10.4. The first kappa shape index (κ1) is 19.6. The smallest absolute Gasteiger partial charge is 0.121 e. The normalized spacial score (nSPS) is 16.5. The molecule has 148 valence electrons. The molecule has 0 amide bonds. The number of β-amino-alcohol motifs (C(OH)–C–C–N with tert-alkyl or cyclic N) is 1. The average molecular weight is 462 g/mol. The number of aliphatic hydroxyl groups is 1. The van der Waals surface area contributed by atoms with Crippen LogP contribution in [0.2, 0.25) is 0 Å². The minimum atomic E-state index is -0.507. The van der Waals surface area contributed by atoms with Crippen molar-refractivity contribution >= 4 is 43.2 Å². The maximum absolute atomic E-state index is 10.4. The molecule has 0 aliphatic carbocycles. The largest absolute Gasteiger partial charge is 0.491 e. The summed E-state index contributed by atoms with van der Waals surface area (Å²) >= 11 is 5.16. The summed E-state index contributed by atoms with van der Waals surface area (Å²) in [6.45, 7) is 6.75. The van der Waals surface area contributed by atoms with E-state index >= 15 is 0 Å². The first-order chi connectivity index (χ1) is 13.6. The number of thiazole rings is 1. The number of nitrogens with zero attached hydrogens (tertiary/aromatic N) is 3. The van der Waals surface area contributed by atoms with Crippen LogP contribution in [0.15, 0.2) is 46.9 Å². The van der Waals surface area contributed by atoms with E-state index in [0.717, 1.165) is 51.6 Å². The Morgan fingerprint density at radius 3 is 2.64 bits per heavy atom. The fourth-order valence-corrected chi connectivity index (χ4v) is 4.57. The van der Waals surface area contributed by atoms with Gasteiger partial charge >= 0.3 is 0 Å². The van der Waals surface area contributed by atoms with Gasteiger partial charge < -0.3 is 14.7 Å². The lowest BCUT2D eigenvalue weighted by molar-refractivity contribution is 0.0663. The van der Waals surface area contributed by atoms with Gasteiger partial charge in [-0.3, -0.25) is 4.90 Å². The summed E-state index contributed by atoms with van der Waals surface area (Å²) in [7, 11) is 0. The zero-order chi connectivity index (χ0) is 19.5. The van der Waals surface area contributed by atoms with E-state index in [-0.39, 0.29) is 0 Å². The average Bonchev–Trinajstić information content (AvgIpc) is 3.07. The van der Waals surface area contributed by atoms with Gasteiger partial charge in [-0.25, -0.2) is 4.98 Å². The number of aromatic nitrogens is 1. The predicted molar refractivity (Wildman–Crippen MR) is 119 cm³/mol. The Bertz CT molecular complexity index is 923. The van der Waals surface area contributed by atoms with E-state index in [1.165, 1.54) is 5.69 Å². The fraction of sp³-hybridized carbons (Fsp3) is 0.381. The van der Waals surface area contributed by atoms with E-state index in [1.807, 2.05) is 25.1 Å². The van der Waals surface area contributed by atoms with Gasteiger partial charge in [-0.05, 0) is 43.3 Å². The number of hydrogen-bond acceptors (Lipinski definition) is 6. The monoisotopic (exact) mass is 461 g/mol. The number of aryl methyl sites for hydroxylation is 1. The maximum Gasteiger partial charge on any atom is 0.121 e. The number of piperazine rings is 1. The molecule has 0 unspecified atom stereocenters. The van der Waals surface area contributed by atoms with Crippen LogP contribution in [-0.2, 0) is 0 Å². The molecular formula is C21H24BrN3O2S. The number of anilines is 1. The number of aliphatic hydroxyl groups excluding tert-OH is 1. The van der Waals surface area contributed by atoms with E-state index < -0.39 is 6.10 Å². The van der Waals surface area contributed by atoms with Crippen molar-refractivity contribution in [3.05, 3.63) is 51.9 Å². The molecule has 1 aliphatic rings. The van der Waals surface area contributed by atoms with Gasteiger partial charge in [0.05, 0.1) is 15.2 Å². The van der Waals surface area contributed by atoms with E-state index in [2.05, 4.69) is 55.0 Å². The first-order valence-corrected chi connectivity index (χ1v) is 11.1. The molecule has 2 heterocycles. The van der Waals surface area contributed by atoms with Crippen LogP contribution < -0.4 is 9.64 Å². The second-order valence-corrected chi connectivity index (χ2v) is 9.24. The molecule has 7 heteroatoms. The van der Waals surface area contributed by atoms with Gasteiger partial charge in [0, 0.05) is 49.0 Å². The number of hydrogen-bond donors (Lipinski definition) is 1. The molecule has 1 N–H and O–H groups in total. The zero-order valence-electron chi connectivity index (χ0n) is 15.8. The van der Waals surface area contributed by atoms with Crippen LogP contribution in [0.3, 0.4) is 0 Å². The van der Waals surface area contributed by atoms with Gasteiger partial charge in [0.25, 0.3) is 0 Å². The van der Waals surface area contributed by atoms with Crippen molar-refractivity contribution in [2.75, 3.05) is 44.2 Å². The van der Waals surface area contributed by atoms with Crippen molar-refractivity contribution in [3.8, 4) is 5.75 Å². The Morgan fingerprint density at radius 2 is 1.89 bits per heavy atom. The Balaban J connectivity index is 1.24. The summed E-state index contributed by atoms with van der Waals surface area (Å²) in [6.07, 6.45) is -0.507. The molecule has 1 atom stereocenters. The van der Waals surface area contributed by atoms with Gasteiger partial charge in [-0.2, -0.15) is 0 Å². The van der Waals surface area contributed by atoms with Gasteiger partial charge in [-0.15, -0.1) is 11.3 Å². The molecule has 1 fully saturated rings. The lowest BCUT2D eigenvalue weighted by Crippen LogP contribution is -2.49. The van der Waals surface area contributed by atoms with Crippen LogP contribution in [0.1, 0.15) is 5.01 Å². The summed E-state index contributed by atoms with van der Waals surface area (Å²) in [6, 6.07) is 14.4. The topological polar surface area (TPSA) is 48.8 Å². The quantitative estimate of drug-likeness (QED) is 0.602. The SMILES string of the molecule is Cc1nc2cc(OC[C@H](O)CN3CCN(c4ccc(Br)cc4)CC3)ccc2s1. The minimum absolute atomic E-state index is 0.293. The second-order valence-electron chi connectivity index (χ2n) is 7.09. The summed E-state index contributed by atoms with van der Waals surface area (Å²) in [5.41, 5.74) is 2.21. The lowest BCUT2D eigenvalue weighted by Gasteiger charge is -2.36. The van der Waals surface area contributed by atoms with Crippen molar-refractivity contribution in [2.45, 2.75) is 13.0 Å². The van der Waals surface area contributed by atoms with E-state index in [4.69, 9.17) is 4.74 Å². The van der Waals surface area contributed by atoms with Crippen molar-refractivity contribution in [1.29, 1.82) is 0 Å². The Kier molecular flexibility index (Phi) is 6.16. The summed E-state index contributed by atoms with van der Waals surface area (Å²) in [5, 5.41) is 11.4. The van der Waals surface area contributed by atoms with Crippen molar-refractivity contribution in [3.63, 3.8) is 0 Å². The number of rotatable bonds is 6. The molecule has 3 aromatic rings. The molecule has 2 aromatic carbocycles. The van der Waals surface area contributed by atoms with Gasteiger partial charge in [0.2, 0.25) is 0 Å². The molecule has 0 spiro atoms. The molecule has 0 radical (unpaired) electrons. The van der Waals surface area contributed by atoms with Gasteiger partial charge in [-0.1, -0.05) is 15.9 Å². The Hall–Kier alpha value is -1.67. The molecule has 5 nitrogen and oxygen atoms in total. The number of ether oxygens (including phenoxy) is 1. The van der Waals surface area contributed by atoms with E-state index in [1.54, 1.807) is 11.3 Å². The van der Waals surface area contributed by atoms with Crippen LogP contribution in [0, 0.1) is 6.92 Å². The second kappa shape index (κ2) is 8.78. The van der Waals surface area contributed by atoms with Crippen molar-refractivity contribution in [1.82, 2.24) is 9.88 Å². The standard InChI is InChI=1S/C21H24BrN3O2S/c1-15-23-20-12-19(6-7-21(20)28-15)27-14-18(26)13-24-8-10-25(11-9-24)17-4-2-16(22)3-5-17/h2-7,12,18,26H,8-11,13-14H2,1H3/t18-/m1/s1. The number of benzene rings is 2. The summed E-state index contributed by atoms with van der Waals surface area (Å²) in [5.74, 6) is 0.761. The molecule has 1 aliphatic heterocycles. The van der Waals surface area contributed by atoms with Crippen molar-refractivity contribution < 1.29 is 9.84 Å². The summed E-state index contributed by atoms with van der Waals surface area (Å²) in [4.78, 5) is 9.18. The van der Waals surface area contributed by atoms with Crippen LogP contribution in [-0.4, -0.2) is 60.4 Å². The molecule has 4 rings (SSSR count). The molecular weight excluding hydrogens is 438 g/mol. The van der Waals surface area contributed by atoms with Crippen LogP contribution in [0.25, 0.3) is 10.2 Å². The van der Waals surface area contributed by atoms with Crippen molar-refractivity contribution in [2.24, 2.45) is 0 Å². The third kappa shape index (κ3) is 4.84. The Morgan fingerprint density at radius 1 is 1.14 bits per heavy atom. The number of fused-ring (bicyclic) bond motifs is 1. The molecule has 0 saturated carbocycles. The molecule has 28 heavy (non-hydrogen) atoms. The molecule has 1 aromatic heterocycles. The molecule has 1 saturated heterocycles. The first-order valence-electron chi connectivity index (χ1n) is 9.48. The minimum Gasteiger partial charge on any atom is -0.491 e. The third-order valence-electron chi connectivity index (χ3n) is 4.94. The molecule has 0 bridgehead atoms. The highest BCUT2D eigenvalue weighted by Gasteiger charge is 2.20. The highest BCUT2D eigenvalue weighted by atomic mass is 79.9. The summed E-state index contributed by atoms with van der Waals surface area (Å²) < 4.78 is 8.06. The van der Waals surface area contributed by atoms with Gasteiger partial charge in [0.1, 0.15) is 18.5 Å². The third-order valence-corrected chi connectivity index (χ3v) is 6.42. The zero-order valence-corrected chi connectivity index (χ0v) is 18.2. The van der Waals surface area contributed by atoms with Gasteiger partial charge in [0.15, 0.2) is 0 Å². The predicted octanol–water partition coefficient (Wildman–Crippen LogP) is 3.93. The Labute approximate surface area is 177 Å².